The molecule has 0 saturated carbocycles. The number of halogens is 2. The predicted molar refractivity (Wildman–Crippen MR) is 74.9 cm³/mol. The number of ether oxygens (including phenoxy) is 1. The Morgan fingerprint density at radius 1 is 1.10 bits per heavy atom. The van der Waals surface area contributed by atoms with Crippen LogP contribution in [0.25, 0.3) is 0 Å². The molecule has 0 atom stereocenters. The van der Waals surface area contributed by atoms with Crippen LogP contribution in [0.1, 0.15) is 18.9 Å². The smallest absolute Gasteiger partial charge is 0.168 e. The molecule has 2 nitrogen and oxygen atoms in total. The topological polar surface area (TPSA) is 21.3 Å². The molecular formula is C16H17F2NO. The molecule has 0 aliphatic heterocycles. The number of benzene rings is 2. The van der Waals surface area contributed by atoms with E-state index in [0.717, 1.165) is 31.1 Å². The highest BCUT2D eigenvalue weighted by molar-refractivity contribution is 5.34. The summed E-state index contributed by atoms with van der Waals surface area (Å²) in [5.41, 5.74) is 1.05. The van der Waals surface area contributed by atoms with Gasteiger partial charge in [0.05, 0.1) is 0 Å². The lowest BCUT2D eigenvalue weighted by Crippen LogP contribution is -2.13. The quantitative estimate of drug-likeness (QED) is 0.797. The van der Waals surface area contributed by atoms with Crippen LogP contribution in [0.5, 0.6) is 11.5 Å². The zero-order chi connectivity index (χ0) is 14.4. The van der Waals surface area contributed by atoms with E-state index in [9.17, 15) is 8.78 Å². The molecule has 0 spiro atoms. The third kappa shape index (κ3) is 4.03. The molecule has 106 valence electrons. The summed E-state index contributed by atoms with van der Waals surface area (Å²) in [6.07, 6.45) is 1.07. The normalized spacial score (nSPS) is 10.6. The minimum absolute atomic E-state index is 0.0186. The highest BCUT2D eigenvalue weighted by atomic mass is 19.1. The van der Waals surface area contributed by atoms with Crippen LogP contribution in [-0.2, 0) is 6.54 Å². The van der Waals surface area contributed by atoms with Crippen molar-refractivity contribution in [3.8, 4) is 11.5 Å². The van der Waals surface area contributed by atoms with Crippen molar-refractivity contribution < 1.29 is 13.5 Å². The van der Waals surface area contributed by atoms with Crippen LogP contribution in [-0.4, -0.2) is 6.54 Å². The van der Waals surface area contributed by atoms with Gasteiger partial charge in [-0.3, -0.25) is 0 Å². The maximum Gasteiger partial charge on any atom is 0.168 e. The van der Waals surface area contributed by atoms with E-state index < -0.39 is 11.6 Å². The van der Waals surface area contributed by atoms with Gasteiger partial charge in [0.15, 0.2) is 11.6 Å². The van der Waals surface area contributed by atoms with Gasteiger partial charge in [-0.2, -0.15) is 0 Å². The standard InChI is InChI=1S/C16H17F2NO/c1-2-8-19-11-12-4-3-5-14(9-12)20-16-7-6-13(17)10-15(16)18/h3-7,9-10,19H,2,8,11H2,1H3. The fourth-order valence-electron chi connectivity index (χ4n) is 1.81. The predicted octanol–water partition coefficient (Wildman–Crippen LogP) is 4.26. The van der Waals surface area contributed by atoms with Crippen molar-refractivity contribution in [1.29, 1.82) is 0 Å². The fraction of sp³-hybridized carbons (Fsp3) is 0.250. The molecule has 0 radical (unpaired) electrons. The second kappa shape index (κ2) is 7.01. The number of hydrogen-bond donors (Lipinski definition) is 1. The third-order valence-corrected chi connectivity index (χ3v) is 2.78. The third-order valence-electron chi connectivity index (χ3n) is 2.78. The largest absolute Gasteiger partial charge is 0.454 e. The Kier molecular flexibility index (Phi) is 5.07. The Morgan fingerprint density at radius 2 is 1.95 bits per heavy atom. The Morgan fingerprint density at radius 3 is 2.70 bits per heavy atom. The molecule has 0 heterocycles. The Hall–Kier alpha value is -1.94. The van der Waals surface area contributed by atoms with Gasteiger partial charge in [-0.25, -0.2) is 8.78 Å². The first-order valence-electron chi connectivity index (χ1n) is 6.61. The summed E-state index contributed by atoms with van der Waals surface area (Å²) >= 11 is 0. The lowest BCUT2D eigenvalue weighted by molar-refractivity contribution is 0.437. The summed E-state index contributed by atoms with van der Waals surface area (Å²) in [5.74, 6) is -0.775. The van der Waals surface area contributed by atoms with Crippen molar-refractivity contribution in [2.45, 2.75) is 19.9 Å². The van der Waals surface area contributed by atoms with Crippen molar-refractivity contribution in [3.63, 3.8) is 0 Å². The molecule has 0 fully saturated rings. The molecule has 0 aromatic heterocycles. The van der Waals surface area contributed by atoms with Gasteiger partial charge >= 0.3 is 0 Å². The number of hydrogen-bond acceptors (Lipinski definition) is 2. The van der Waals surface area contributed by atoms with E-state index in [4.69, 9.17) is 4.74 Å². The highest BCUT2D eigenvalue weighted by Gasteiger charge is 2.06. The van der Waals surface area contributed by atoms with E-state index in [1.54, 1.807) is 6.07 Å². The summed E-state index contributed by atoms with van der Waals surface area (Å²) < 4.78 is 31.8. The lowest BCUT2D eigenvalue weighted by Gasteiger charge is -2.09. The van der Waals surface area contributed by atoms with E-state index >= 15 is 0 Å². The van der Waals surface area contributed by atoms with Crippen LogP contribution in [0.4, 0.5) is 8.78 Å². The monoisotopic (exact) mass is 277 g/mol. The molecule has 2 rings (SSSR count). The van der Waals surface area contributed by atoms with Gasteiger partial charge in [0.25, 0.3) is 0 Å². The average Bonchev–Trinajstić information content (AvgIpc) is 2.43. The molecule has 0 saturated heterocycles. The first-order valence-corrected chi connectivity index (χ1v) is 6.61. The van der Waals surface area contributed by atoms with Crippen molar-refractivity contribution in [3.05, 3.63) is 59.7 Å². The first-order chi connectivity index (χ1) is 9.69. The molecule has 20 heavy (non-hydrogen) atoms. The minimum Gasteiger partial charge on any atom is -0.454 e. The zero-order valence-electron chi connectivity index (χ0n) is 11.3. The molecular weight excluding hydrogens is 260 g/mol. The molecule has 2 aromatic carbocycles. The Balaban J connectivity index is 2.07. The Labute approximate surface area is 117 Å². The van der Waals surface area contributed by atoms with Crippen LogP contribution >= 0.6 is 0 Å². The number of rotatable bonds is 6. The summed E-state index contributed by atoms with van der Waals surface area (Å²) in [6.45, 7) is 3.78. The van der Waals surface area contributed by atoms with Gasteiger partial charge in [0.1, 0.15) is 11.6 Å². The van der Waals surface area contributed by atoms with E-state index in [-0.39, 0.29) is 5.75 Å². The SMILES string of the molecule is CCCNCc1cccc(Oc2ccc(F)cc2F)c1. The molecule has 0 unspecified atom stereocenters. The van der Waals surface area contributed by atoms with Crippen LogP contribution in [0, 0.1) is 11.6 Å². The van der Waals surface area contributed by atoms with E-state index in [1.807, 2.05) is 18.2 Å². The van der Waals surface area contributed by atoms with Crippen molar-refractivity contribution >= 4 is 0 Å². The van der Waals surface area contributed by atoms with Gasteiger partial charge in [0.2, 0.25) is 0 Å². The van der Waals surface area contributed by atoms with Gasteiger partial charge < -0.3 is 10.1 Å². The lowest BCUT2D eigenvalue weighted by atomic mass is 10.2. The van der Waals surface area contributed by atoms with Gasteiger partial charge in [-0.15, -0.1) is 0 Å². The summed E-state index contributed by atoms with van der Waals surface area (Å²) in [5, 5.41) is 3.28. The maximum absolute atomic E-state index is 13.5. The van der Waals surface area contributed by atoms with E-state index in [2.05, 4.69) is 12.2 Å². The van der Waals surface area contributed by atoms with Gasteiger partial charge in [0, 0.05) is 12.6 Å². The zero-order valence-corrected chi connectivity index (χ0v) is 11.3. The van der Waals surface area contributed by atoms with E-state index in [1.165, 1.54) is 12.1 Å². The van der Waals surface area contributed by atoms with Crippen LogP contribution in [0.3, 0.4) is 0 Å². The molecule has 4 heteroatoms. The summed E-state index contributed by atoms with van der Waals surface area (Å²) in [7, 11) is 0. The highest BCUT2D eigenvalue weighted by Crippen LogP contribution is 2.25. The second-order valence-electron chi connectivity index (χ2n) is 4.50. The minimum atomic E-state index is -0.709. The molecule has 0 aliphatic carbocycles. The molecule has 1 N–H and O–H groups in total. The fourth-order valence-corrected chi connectivity index (χ4v) is 1.81. The van der Waals surface area contributed by atoms with Crippen LogP contribution in [0.15, 0.2) is 42.5 Å². The second-order valence-corrected chi connectivity index (χ2v) is 4.50. The van der Waals surface area contributed by atoms with E-state index in [0.29, 0.717) is 5.75 Å². The number of nitrogens with one attached hydrogen (secondary N) is 1. The molecule has 0 aliphatic rings. The molecule has 0 bridgehead atoms. The van der Waals surface area contributed by atoms with Gasteiger partial charge in [-0.05, 0) is 42.8 Å². The average molecular weight is 277 g/mol. The molecule has 2 aromatic rings. The van der Waals surface area contributed by atoms with Crippen molar-refractivity contribution in [2.75, 3.05) is 6.54 Å². The van der Waals surface area contributed by atoms with Crippen LogP contribution in [0.2, 0.25) is 0 Å². The Bertz CT molecular complexity index is 572. The van der Waals surface area contributed by atoms with Gasteiger partial charge in [-0.1, -0.05) is 19.1 Å². The van der Waals surface area contributed by atoms with Crippen LogP contribution < -0.4 is 10.1 Å². The van der Waals surface area contributed by atoms with Crippen molar-refractivity contribution in [2.24, 2.45) is 0 Å². The van der Waals surface area contributed by atoms with Crippen molar-refractivity contribution in [1.82, 2.24) is 5.32 Å². The maximum atomic E-state index is 13.5. The molecule has 0 amide bonds. The first kappa shape index (κ1) is 14.5. The summed E-state index contributed by atoms with van der Waals surface area (Å²) in [4.78, 5) is 0. The summed E-state index contributed by atoms with van der Waals surface area (Å²) in [6, 6.07) is 10.7.